The average Bonchev–Trinajstić information content (AvgIpc) is 4.07. The first-order chi connectivity index (χ1) is 28.6. The first-order valence-electron chi connectivity index (χ1n) is 20.0. The van der Waals surface area contributed by atoms with Crippen LogP contribution in [0.1, 0.15) is 72.6 Å². The van der Waals surface area contributed by atoms with Crippen molar-refractivity contribution in [1.82, 2.24) is 30.2 Å². The molecule has 4 amide bonds. The van der Waals surface area contributed by atoms with Crippen molar-refractivity contribution in [3.05, 3.63) is 30.4 Å². The molecule has 2 aliphatic heterocycles. The molecule has 7 atom stereocenters. The van der Waals surface area contributed by atoms with E-state index in [0.717, 1.165) is 4.90 Å². The lowest BCUT2D eigenvalue weighted by molar-refractivity contribution is -0.244. The van der Waals surface area contributed by atoms with Gasteiger partial charge in [-0.15, -0.1) is 0 Å². The van der Waals surface area contributed by atoms with Crippen LogP contribution in [-0.4, -0.2) is 122 Å². The number of aromatic nitrogens is 2. The van der Waals surface area contributed by atoms with Crippen LogP contribution < -0.4 is 29.6 Å². The first kappa shape index (κ1) is 45.6. The summed E-state index contributed by atoms with van der Waals surface area (Å²) in [5.74, 6) is -3.64. The summed E-state index contributed by atoms with van der Waals surface area (Å²) in [5, 5.41) is 5.59. The van der Waals surface area contributed by atoms with Crippen molar-refractivity contribution in [2.45, 2.75) is 113 Å². The maximum absolute atomic E-state index is 15.0. The molecular weight excluding hydrogens is 830 g/mol. The highest BCUT2D eigenvalue weighted by Crippen LogP contribution is 2.48. The first-order valence-corrected chi connectivity index (χ1v) is 21.5. The monoisotopic (exact) mass is 882 g/mol. The van der Waals surface area contributed by atoms with E-state index in [4.69, 9.17) is 23.7 Å². The SMILES string of the molecule is COC[C@@H]1C[C@H](C)CC/C=C\[C@@H]2C[C@@]2(C(=O)NS(=O)(=O)C2(C)CC2)NC(=O)[C@@H]2C[C@@H](Oc3nc(OC)c4c(OC)cccc4n3)CN2C(=O)[C@H]1NC(=O)OC(C)(C)C(F)(F)F. The standard InChI is InChI=1S/C40H53F3N6O11S/c1-22-11-8-9-12-24-19-39(24,34(52)48-61(54,55)38(4)15-16-38)47-31(50)27-18-25(59-35-44-26-13-10-14-28(57-6)29(26)32(46-35)58-7)20-49(27)33(51)30(23(17-22)21-56-5)45-36(53)60-37(2,3)40(41,42)43/h9-10,12-14,22-25,27,30H,8,11,15-21H2,1-7H3,(H,45,53)(H,47,50)(H,48,52)/b12-9-/t22-,23+,24-,25-,27+,30+,39-/m1/s1. The highest BCUT2D eigenvalue weighted by molar-refractivity contribution is 7.91. The fraction of sp³-hybridized carbons (Fsp3) is 0.650. The molecule has 1 saturated heterocycles. The lowest BCUT2D eigenvalue weighted by Gasteiger charge is -2.35. The Hall–Kier alpha value is -4.92. The minimum atomic E-state index is -4.95. The molecule has 1 aromatic heterocycles. The molecule has 336 valence electrons. The number of hydrogen-bond acceptors (Lipinski definition) is 13. The van der Waals surface area contributed by atoms with Crippen molar-refractivity contribution in [3.63, 3.8) is 0 Å². The summed E-state index contributed by atoms with van der Waals surface area (Å²) >= 11 is 0. The predicted molar refractivity (Wildman–Crippen MR) is 212 cm³/mol. The molecule has 3 heterocycles. The summed E-state index contributed by atoms with van der Waals surface area (Å²) in [6.45, 7) is 4.34. The molecule has 61 heavy (non-hydrogen) atoms. The maximum atomic E-state index is 15.0. The lowest BCUT2D eigenvalue weighted by atomic mass is 9.87. The van der Waals surface area contributed by atoms with Crippen molar-refractivity contribution in [3.8, 4) is 17.6 Å². The Morgan fingerprint density at radius 3 is 2.43 bits per heavy atom. The van der Waals surface area contributed by atoms with E-state index >= 15 is 0 Å². The van der Waals surface area contributed by atoms with Gasteiger partial charge in [-0.1, -0.05) is 25.1 Å². The smallest absolute Gasteiger partial charge is 0.427 e. The number of alkyl halides is 3. The number of carbonyl (C=O) groups is 4. The van der Waals surface area contributed by atoms with Gasteiger partial charge >= 0.3 is 18.3 Å². The van der Waals surface area contributed by atoms with Crippen LogP contribution in [-0.2, 0) is 33.9 Å². The summed E-state index contributed by atoms with van der Waals surface area (Å²) < 4.78 is 96.5. The number of nitrogens with one attached hydrogen (secondary N) is 3. The molecule has 21 heteroatoms. The van der Waals surface area contributed by atoms with E-state index in [1.54, 1.807) is 24.3 Å². The molecule has 0 radical (unpaired) electrons. The number of nitrogens with zero attached hydrogens (tertiary/aromatic N) is 3. The van der Waals surface area contributed by atoms with E-state index < -0.39 is 85.9 Å². The second kappa shape index (κ2) is 17.1. The minimum Gasteiger partial charge on any atom is -0.496 e. The van der Waals surface area contributed by atoms with E-state index in [-0.39, 0.29) is 50.2 Å². The number of fused-ring (bicyclic) bond motifs is 3. The third kappa shape index (κ3) is 9.46. The van der Waals surface area contributed by atoms with E-state index in [1.807, 2.05) is 13.0 Å². The number of allylic oxidation sites excluding steroid dienone is 1. The Labute approximate surface area is 351 Å². The van der Waals surface area contributed by atoms with Crippen LogP contribution in [0, 0.1) is 17.8 Å². The van der Waals surface area contributed by atoms with Gasteiger partial charge in [0.05, 0.1) is 37.6 Å². The van der Waals surface area contributed by atoms with Gasteiger partial charge < -0.3 is 39.2 Å². The maximum Gasteiger partial charge on any atom is 0.427 e. The van der Waals surface area contributed by atoms with Crippen LogP contribution in [0.3, 0.4) is 0 Å². The zero-order valence-electron chi connectivity index (χ0n) is 35.1. The van der Waals surface area contributed by atoms with E-state index in [0.29, 0.717) is 56.2 Å². The molecule has 3 fully saturated rings. The average molecular weight is 883 g/mol. The zero-order chi connectivity index (χ0) is 44.7. The highest BCUT2D eigenvalue weighted by Gasteiger charge is 2.63. The minimum absolute atomic E-state index is 0.0680. The zero-order valence-corrected chi connectivity index (χ0v) is 35.9. The number of carbonyl (C=O) groups excluding carboxylic acids is 4. The molecule has 2 aliphatic carbocycles. The molecule has 0 unspecified atom stereocenters. The molecular formula is C40H53F3N6O11S. The molecule has 2 aromatic rings. The largest absolute Gasteiger partial charge is 0.496 e. The normalized spacial score (nSPS) is 28.5. The third-order valence-corrected chi connectivity index (χ3v) is 14.2. The summed E-state index contributed by atoms with van der Waals surface area (Å²) in [6, 6.07) is 1.89. The molecule has 0 spiro atoms. The number of halogens is 3. The van der Waals surface area contributed by atoms with Crippen LogP contribution in [0.2, 0.25) is 0 Å². The number of amides is 4. The predicted octanol–water partition coefficient (Wildman–Crippen LogP) is 3.94. The second-order valence-corrected chi connectivity index (χ2v) is 19.3. The van der Waals surface area contributed by atoms with Gasteiger partial charge in [-0.25, -0.2) is 13.2 Å². The number of alkyl carbamates (subject to hydrolysis) is 1. The van der Waals surface area contributed by atoms with E-state index in [9.17, 15) is 40.8 Å². The number of methoxy groups -OCH3 is 3. The van der Waals surface area contributed by atoms with Gasteiger partial charge in [0, 0.05) is 25.4 Å². The number of rotatable bonds is 11. The molecule has 2 saturated carbocycles. The van der Waals surface area contributed by atoms with Crippen molar-refractivity contribution < 1.29 is 64.5 Å². The van der Waals surface area contributed by atoms with Crippen LogP contribution in [0.4, 0.5) is 18.0 Å². The van der Waals surface area contributed by atoms with Gasteiger partial charge in [0.1, 0.15) is 34.9 Å². The molecule has 17 nitrogen and oxygen atoms in total. The van der Waals surface area contributed by atoms with Gasteiger partial charge in [0.15, 0.2) is 0 Å². The van der Waals surface area contributed by atoms with Crippen molar-refractivity contribution in [1.29, 1.82) is 0 Å². The van der Waals surface area contributed by atoms with Gasteiger partial charge in [0.2, 0.25) is 33.3 Å². The number of ether oxygens (including phenoxy) is 5. The Kier molecular flexibility index (Phi) is 12.8. The van der Waals surface area contributed by atoms with Gasteiger partial charge in [-0.05, 0) is 77.3 Å². The summed E-state index contributed by atoms with van der Waals surface area (Å²) in [7, 11) is 0.122. The number of hydrogen-bond donors (Lipinski definition) is 3. The van der Waals surface area contributed by atoms with Crippen LogP contribution >= 0.6 is 0 Å². The van der Waals surface area contributed by atoms with Crippen LogP contribution in [0.25, 0.3) is 10.9 Å². The van der Waals surface area contributed by atoms with E-state index in [1.165, 1.54) is 28.3 Å². The quantitative estimate of drug-likeness (QED) is 0.273. The van der Waals surface area contributed by atoms with Crippen LogP contribution in [0.15, 0.2) is 30.4 Å². The van der Waals surface area contributed by atoms with Gasteiger partial charge in [0.25, 0.3) is 5.91 Å². The van der Waals surface area contributed by atoms with Gasteiger partial charge in [-0.3, -0.25) is 19.1 Å². The van der Waals surface area contributed by atoms with Crippen LogP contribution in [0.5, 0.6) is 17.6 Å². The Morgan fingerprint density at radius 2 is 1.79 bits per heavy atom. The molecule has 3 N–H and O–H groups in total. The van der Waals surface area contributed by atoms with Gasteiger partial charge in [-0.2, -0.15) is 23.1 Å². The van der Waals surface area contributed by atoms with Crippen molar-refractivity contribution in [2.75, 3.05) is 34.5 Å². The highest BCUT2D eigenvalue weighted by atomic mass is 32.2. The Bertz CT molecular complexity index is 2170. The second-order valence-electron chi connectivity index (χ2n) is 17.1. The van der Waals surface area contributed by atoms with E-state index in [2.05, 4.69) is 25.3 Å². The number of benzene rings is 1. The van der Waals surface area contributed by atoms with Crippen molar-refractivity contribution in [2.24, 2.45) is 17.8 Å². The summed E-state index contributed by atoms with van der Waals surface area (Å²) in [5.41, 5.74) is -4.24. The topological polar surface area (TPSA) is 214 Å². The fourth-order valence-electron chi connectivity index (χ4n) is 7.86. The molecule has 4 aliphatic rings. The summed E-state index contributed by atoms with van der Waals surface area (Å²) in [4.78, 5) is 66.8. The molecule has 1 aromatic carbocycles. The third-order valence-electron chi connectivity index (χ3n) is 12.1. The molecule has 6 rings (SSSR count). The molecule has 0 bridgehead atoms. The van der Waals surface area contributed by atoms with Crippen molar-refractivity contribution >= 4 is 44.7 Å². The Balaban J connectivity index is 1.39. The lowest BCUT2D eigenvalue weighted by Crippen LogP contribution is -2.60. The summed E-state index contributed by atoms with van der Waals surface area (Å²) in [6.07, 6.45) is -2.01. The fourth-order valence-corrected chi connectivity index (χ4v) is 9.17. The number of sulfonamides is 1. The Morgan fingerprint density at radius 1 is 1.07 bits per heavy atom.